The average molecular weight is 217 g/mol. The summed E-state index contributed by atoms with van der Waals surface area (Å²) in [7, 11) is 0. The highest BCUT2D eigenvalue weighted by Gasteiger charge is 2.40. The van der Waals surface area contributed by atoms with E-state index in [1.807, 2.05) is 16.7 Å². The Morgan fingerprint density at radius 1 is 1.44 bits per heavy atom. The van der Waals surface area contributed by atoms with Gasteiger partial charge in [-0.15, -0.1) is 0 Å². The van der Waals surface area contributed by atoms with E-state index >= 15 is 0 Å². The summed E-state index contributed by atoms with van der Waals surface area (Å²) in [5, 5.41) is 9.52. The van der Waals surface area contributed by atoms with E-state index in [4.69, 9.17) is 5.73 Å². The highest BCUT2D eigenvalue weighted by molar-refractivity contribution is 5.49. The molecular formula is C12H15N3O. The molecule has 0 atom stereocenters. The molecule has 3 N–H and O–H groups in total. The maximum Gasteiger partial charge on any atom is 0.132 e. The molecule has 0 aliphatic heterocycles. The van der Waals surface area contributed by atoms with Crippen LogP contribution in [0.4, 0.5) is 0 Å². The summed E-state index contributed by atoms with van der Waals surface area (Å²) in [5.41, 5.74) is 6.91. The first kappa shape index (κ1) is 9.66. The summed E-state index contributed by atoms with van der Waals surface area (Å²) in [4.78, 5) is 4.47. The number of imidazole rings is 1. The number of hydrogen-bond acceptors (Lipinski definition) is 3. The number of aromatic hydroxyl groups is 1. The van der Waals surface area contributed by atoms with Gasteiger partial charge in [-0.3, -0.25) is 4.40 Å². The van der Waals surface area contributed by atoms with Crippen LogP contribution in [0.3, 0.4) is 0 Å². The van der Waals surface area contributed by atoms with Crippen molar-refractivity contribution in [1.29, 1.82) is 0 Å². The zero-order chi connectivity index (χ0) is 11.2. The van der Waals surface area contributed by atoms with Crippen LogP contribution in [0.15, 0.2) is 24.5 Å². The van der Waals surface area contributed by atoms with E-state index in [1.54, 1.807) is 12.3 Å². The van der Waals surface area contributed by atoms with E-state index in [0.29, 0.717) is 6.54 Å². The number of hydrogen-bond donors (Lipinski definition) is 2. The fourth-order valence-corrected chi connectivity index (χ4v) is 2.49. The predicted octanol–water partition coefficient (Wildman–Crippen LogP) is 1.42. The van der Waals surface area contributed by atoms with E-state index in [1.165, 1.54) is 6.42 Å². The topological polar surface area (TPSA) is 63.5 Å². The Bertz CT molecular complexity index is 523. The van der Waals surface area contributed by atoms with Gasteiger partial charge in [-0.25, -0.2) is 4.98 Å². The summed E-state index contributed by atoms with van der Waals surface area (Å²) in [6.45, 7) is 0.627. The second-order valence-corrected chi connectivity index (χ2v) is 4.60. The predicted molar refractivity (Wildman–Crippen MR) is 61.4 cm³/mol. The summed E-state index contributed by atoms with van der Waals surface area (Å²) in [5.74, 6) is 1.25. The molecule has 4 nitrogen and oxygen atoms in total. The molecule has 2 aromatic rings. The van der Waals surface area contributed by atoms with E-state index in [2.05, 4.69) is 4.98 Å². The summed E-state index contributed by atoms with van der Waals surface area (Å²) in [6, 6.07) is 3.55. The van der Waals surface area contributed by atoms with Gasteiger partial charge in [-0.2, -0.15) is 0 Å². The second-order valence-electron chi connectivity index (χ2n) is 4.60. The Kier molecular flexibility index (Phi) is 1.94. The summed E-state index contributed by atoms with van der Waals surface area (Å²) in [6.07, 6.45) is 6.96. The van der Waals surface area contributed by atoms with Gasteiger partial charge in [-0.1, -0.05) is 6.42 Å². The average Bonchev–Trinajstić information content (AvgIpc) is 2.61. The first-order chi connectivity index (χ1) is 7.75. The van der Waals surface area contributed by atoms with E-state index in [9.17, 15) is 5.11 Å². The molecule has 2 heterocycles. The highest BCUT2D eigenvalue weighted by Crippen LogP contribution is 2.42. The lowest BCUT2D eigenvalue weighted by atomic mass is 9.68. The molecule has 2 aromatic heterocycles. The van der Waals surface area contributed by atoms with Gasteiger partial charge in [0.25, 0.3) is 0 Å². The molecule has 0 saturated heterocycles. The van der Waals surface area contributed by atoms with Crippen molar-refractivity contribution in [2.24, 2.45) is 5.73 Å². The van der Waals surface area contributed by atoms with Crippen LogP contribution < -0.4 is 5.73 Å². The maximum absolute atomic E-state index is 9.52. The van der Waals surface area contributed by atoms with Crippen LogP contribution in [0.5, 0.6) is 5.75 Å². The lowest BCUT2D eigenvalue weighted by molar-refractivity contribution is 0.237. The third-order valence-electron chi connectivity index (χ3n) is 3.69. The summed E-state index contributed by atoms with van der Waals surface area (Å²) < 4.78 is 1.96. The molecule has 1 saturated carbocycles. The normalized spacial score (nSPS) is 18.6. The lowest BCUT2D eigenvalue weighted by Crippen LogP contribution is -2.43. The minimum Gasteiger partial charge on any atom is -0.506 e. The quantitative estimate of drug-likeness (QED) is 0.799. The molecule has 0 bridgehead atoms. The third kappa shape index (κ3) is 1.16. The molecule has 3 rings (SSSR count). The number of fused-ring (bicyclic) bond motifs is 1. The van der Waals surface area contributed by atoms with Crippen LogP contribution in [-0.4, -0.2) is 21.0 Å². The largest absolute Gasteiger partial charge is 0.506 e. The molecule has 0 radical (unpaired) electrons. The highest BCUT2D eigenvalue weighted by atomic mass is 16.3. The molecule has 1 fully saturated rings. The number of pyridine rings is 1. The molecule has 4 heteroatoms. The van der Waals surface area contributed by atoms with Crippen LogP contribution in [0.1, 0.15) is 25.1 Å². The van der Waals surface area contributed by atoms with Crippen LogP contribution in [0, 0.1) is 0 Å². The smallest absolute Gasteiger partial charge is 0.132 e. The molecule has 0 aromatic carbocycles. The summed E-state index contributed by atoms with van der Waals surface area (Å²) >= 11 is 0. The second kappa shape index (κ2) is 3.22. The zero-order valence-electron chi connectivity index (χ0n) is 9.06. The number of nitrogens with two attached hydrogens (primary N) is 1. The molecule has 84 valence electrons. The molecule has 1 aliphatic carbocycles. The van der Waals surface area contributed by atoms with Gasteiger partial charge >= 0.3 is 0 Å². The lowest BCUT2D eigenvalue weighted by Gasteiger charge is -2.39. The van der Waals surface area contributed by atoms with Crippen LogP contribution >= 0.6 is 0 Å². The van der Waals surface area contributed by atoms with Gasteiger partial charge in [0.15, 0.2) is 0 Å². The van der Waals surface area contributed by atoms with E-state index in [0.717, 1.165) is 24.2 Å². The standard InChI is InChI=1S/C12H15N3O/c13-8-12(4-1-5-12)11-14-6-9-2-3-10(16)7-15(9)11/h2-3,6-7,16H,1,4-5,8,13H2. The van der Waals surface area contributed by atoms with Crippen molar-refractivity contribution in [2.45, 2.75) is 24.7 Å². The zero-order valence-corrected chi connectivity index (χ0v) is 9.06. The number of rotatable bonds is 2. The van der Waals surface area contributed by atoms with Gasteiger partial charge in [0.2, 0.25) is 0 Å². The Hall–Kier alpha value is -1.55. The Morgan fingerprint density at radius 3 is 2.88 bits per heavy atom. The van der Waals surface area contributed by atoms with Crippen molar-refractivity contribution < 1.29 is 5.11 Å². The molecular weight excluding hydrogens is 202 g/mol. The Morgan fingerprint density at radius 2 is 2.25 bits per heavy atom. The number of aromatic nitrogens is 2. The molecule has 0 amide bonds. The minimum absolute atomic E-state index is 0.0280. The van der Waals surface area contributed by atoms with Crippen LogP contribution in [0.25, 0.3) is 5.52 Å². The molecule has 16 heavy (non-hydrogen) atoms. The van der Waals surface area contributed by atoms with Crippen molar-refractivity contribution in [3.05, 3.63) is 30.4 Å². The van der Waals surface area contributed by atoms with Crippen LogP contribution in [-0.2, 0) is 5.41 Å². The SMILES string of the molecule is NCC1(c2ncc3ccc(O)cn23)CCC1. The molecule has 1 aliphatic rings. The van der Waals surface area contributed by atoms with Crippen LogP contribution in [0.2, 0.25) is 0 Å². The Labute approximate surface area is 93.7 Å². The van der Waals surface area contributed by atoms with Crippen molar-refractivity contribution in [3.8, 4) is 5.75 Å². The van der Waals surface area contributed by atoms with Gasteiger partial charge < -0.3 is 10.8 Å². The van der Waals surface area contributed by atoms with Crippen molar-refractivity contribution in [2.75, 3.05) is 6.54 Å². The van der Waals surface area contributed by atoms with Gasteiger partial charge in [0.05, 0.1) is 17.9 Å². The number of nitrogens with zero attached hydrogens (tertiary/aromatic N) is 2. The molecule has 0 unspecified atom stereocenters. The first-order valence-electron chi connectivity index (χ1n) is 5.62. The van der Waals surface area contributed by atoms with E-state index in [-0.39, 0.29) is 11.2 Å². The van der Waals surface area contributed by atoms with Crippen molar-refractivity contribution in [3.63, 3.8) is 0 Å². The fourth-order valence-electron chi connectivity index (χ4n) is 2.49. The van der Waals surface area contributed by atoms with Crippen molar-refractivity contribution in [1.82, 2.24) is 9.38 Å². The fraction of sp³-hybridized carbons (Fsp3) is 0.417. The van der Waals surface area contributed by atoms with Gasteiger partial charge in [0, 0.05) is 12.0 Å². The molecule has 0 spiro atoms. The first-order valence-corrected chi connectivity index (χ1v) is 5.62. The maximum atomic E-state index is 9.52. The van der Waals surface area contributed by atoms with E-state index < -0.39 is 0 Å². The Balaban J connectivity index is 2.19. The van der Waals surface area contributed by atoms with Gasteiger partial charge in [0.1, 0.15) is 11.6 Å². The third-order valence-corrected chi connectivity index (χ3v) is 3.69. The minimum atomic E-state index is 0.0280. The van der Waals surface area contributed by atoms with Gasteiger partial charge in [-0.05, 0) is 25.0 Å². The van der Waals surface area contributed by atoms with Crippen molar-refractivity contribution >= 4 is 5.52 Å². The monoisotopic (exact) mass is 217 g/mol.